The summed E-state index contributed by atoms with van der Waals surface area (Å²) in [7, 11) is 1.66. The number of hydrogen-bond donors (Lipinski definition) is 2. The molecule has 7 nitrogen and oxygen atoms in total. The highest BCUT2D eigenvalue weighted by Gasteiger charge is 2.34. The number of amides is 1. The third-order valence-corrected chi connectivity index (χ3v) is 8.73. The van der Waals surface area contributed by atoms with E-state index in [-0.39, 0.29) is 27.4 Å². The number of morpholine rings is 1. The third kappa shape index (κ3) is 6.71. The molecule has 0 unspecified atom stereocenters. The maximum Gasteiger partial charge on any atom is 0.416 e. The number of anilines is 1. The highest BCUT2D eigenvalue weighted by Crippen LogP contribution is 2.42. The quantitative estimate of drug-likeness (QED) is 0.298. The molecule has 0 atom stereocenters. The van der Waals surface area contributed by atoms with Crippen LogP contribution in [0.25, 0.3) is 10.2 Å². The van der Waals surface area contributed by atoms with Crippen LogP contribution in [-0.4, -0.2) is 60.9 Å². The monoisotopic (exact) mass is 597 g/mol. The van der Waals surface area contributed by atoms with Crippen molar-refractivity contribution < 1.29 is 32.5 Å². The van der Waals surface area contributed by atoms with Gasteiger partial charge in [0.05, 0.1) is 34.6 Å². The number of methoxy groups -OCH3 is 1. The largest absolute Gasteiger partial charge is 0.507 e. The Labute approximate surface area is 239 Å². The SMILES string of the molecule is COCCC1CC(Cc2cc(C(F)(F)F)cc3sc(NC(=O)c4cc(Cl)cc(CN5CCOCC5)c4O)nc23)C1. The summed E-state index contributed by atoms with van der Waals surface area (Å²) in [6, 6.07) is 5.24. The van der Waals surface area contributed by atoms with Crippen LogP contribution in [0.1, 0.15) is 46.3 Å². The van der Waals surface area contributed by atoms with Crippen LogP contribution < -0.4 is 5.32 Å². The number of aromatic hydroxyl groups is 1. The van der Waals surface area contributed by atoms with Crippen LogP contribution in [0.2, 0.25) is 5.02 Å². The van der Waals surface area contributed by atoms with Gasteiger partial charge in [0.15, 0.2) is 5.13 Å². The summed E-state index contributed by atoms with van der Waals surface area (Å²) in [6.45, 7) is 3.62. The highest BCUT2D eigenvalue weighted by molar-refractivity contribution is 7.22. The maximum atomic E-state index is 13.7. The van der Waals surface area contributed by atoms with E-state index < -0.39 is 17.6 Å². The molecule has 0 spiro atoms. The van der Waals surface area contributed by atoms with Crippen molar-refractivity contribution in [2.45, 2.75) is 38.4 Å². The molecular weight excluding hydrogens is 567 g/mol. The molecule has 2 heterocycles. The van der Waals surface area contributed by atoms with Crippen molar-refractivity contribution in [3.05, 3.63) is 51.5 Å². The molecule has 2 fully saturated rings. The number of nitrogens with one attached hydrogen (secondary N) is 1. The van der Waals surface area contributed by atoms with Gasteiger partial charge in [-0.2, -0.15) is 13.2 Å². The van der Waals surface area contributed by atoms with Crippen LogP contribution in [0.15, 0.2) is 24.3 Å². The van der Waals surface area contributed by atoms with Crippen LogP contribution in [0.3, 0.4) is 0 Å². The van der Waals surface area contributed by atoms with Gasteiger partial charge in [-0.3, -0.25) is 15.0 Å². The van der Waals surface area contributed by atoms with E-state index in [4.69, 9.17) is 21.1 Å². The normalized spacial score (nSPS) is 20.0. The molecule has 1 aromatic heterocycles. The number of aromatic nitrogens is 1. The molecule has 40 heavy (non-hydrogen) atoms. The van der Waals surface area contributed by atoms with E-state index in [0.717, 1.165) is 36.7 Å². The number of phenolic OH excluding ortho intramolecular Hbond substituents is 1. The van der Waals surface area contributed by atoms with Crippen LogP contribution in [0, 0.1) is 11.8 Å². The van der Waals surface area contributed by atoms with Crippen LogP contribution in [-0.2, 0) is 28.6 Å². The van der Waals surface area contributed by atoms with Crippen molar-refractivity contribution in [2.24, 2.45) is 11.8 Å². The third-order valence-electron chi connectivity index (χ3n) is 7.59. The summed E-state index contributed by atoms with van der Waals surface area (Å²) < 4.78 is 52.0. The number of phenols is 1. The predicted molar refractivity (Wildman–Crippen MR) is 148 cm³/mol. The van der Waals surface area contributed by atoms with Gasteiger partial charge >= 0.3 is 6.18 Å². The van der Waals surface area contributed by atoms with Crippen LogP contribution in [0.4, 0.5) is 18.3 Å². The first kappa shape index (κ1) is 29.1. The van der Waals surface area contributed by atoms with E-state index in [1.54, 1.807) is 13.2 Å². The number of alkyl halides is 3. The molecule has 2 aliphatic rings. The smallest absolute Gasteiger partial charge is 0.416 e. The molecule has 12 heteroatoms. The van der Waals surface area contributed by atoms with Gasteiger partial charge in [-0.1, -0.05) is 22.9 Å². The Morgan fingerprint density at radius 1 is 1.20 bits per heavy atom. The summed E-state index contributed by atoms with van der Waals surface area (Å²) >= 11 is 7.25. The lowest BCUT2D eigenvalue weighted by Gasteiger charge is -2.35. The van der Waals surface area contributed by atoms with Crippen LogP contribution in [0.5, 0.6) is 5.75 Å². The second-order valence-electron chi connectivity index (χ2n) is 10.5. The predicted octanol–water partition coefficient (Wildman–Crippen LogP) is 6.36. The molecule has 3 aromatic rings. The number of fused-ring (bicyclic) bond motifs is 1. The number of carbonyl (C=O) groups is 1. The topological polar surface area (TPSA) is 83.9 Å². The lowest BCUT2D eigenvalue weighted by Crippen LogP contribution is -2.35. The van der Waals surface area contributed by atoms with Crippen molar-refractivity contribution in [2.75, 3.05) is 45.3 Å². The molecule has 1 amide bonds. The highest BCUT2D eigenvalue weighted by atomic mass is 35.5. The van der Waals surface area contributed by atoms with Crippen molar-refractivity contribution in [3.8, 4) is 5.75 Å². The second-order valence-corrected chi connectivity index (χ2v) is 12.0. The zero-order chi connectivity index (χ0) is 28.4. The minimum Gasteiger partial charge on any atom is -0.507 e. The number of ether oxygens (including phenoxy) is 2. The van der Waals surface area contributed by atoms with E-state index in [1.165, 1.54) is 12.1 Å². The van der Waals surface area contributed by atoms with E-state index in [0.29, 0.717) is 73.1 Å². The molecule has 1 aliphatic carbocycles. The zero-order valence-electron chi connectivity index (χ0n) is 22.0. The van der Waals surface area contributed by atoms with Gasteiger partial charge < -0.3 is 14.6 Å². The lowest BCUT2D eigenvalue weighted by atomic mass is 9.71. The Hall–Kier alpha value is -2.44. The first-order valence-corrected chi connectivity index (χ1v) is 14.4. The summed E-state index contributed by atoms with van der Waals surface area (Å²) in [6.07, 6.45) is -1.19. The van der Waals surface area contributed by atoms with E-state index >= 15 is 0 Å². The molecular formula is C28H31ClF3N3O4S. The molecule has 2 aromatic carbocycles. The van der Waals surface area contributed by atoms with Gasteiger partial charge in [0.1, 0.15) is 5.75 Å². The van der Waals surface area contributed by atoms with Crippen molar-refractivity contribution >= 4 is 44.2 Å². The standard InChI is InChI=1S/C28H31ClF3N3O4S/c1-38-5-2-16-8-17(9-16)10-18-11-20(28(30,31)32)13-23-24(18)33-27(40-23)34-26(37)22-14-21(29)12-19(25(22)36)15-35-3-6-39-7-4-35/h11-14,16-17,36H,2-10,15H2,1H3,(H,33,34,37). The van der Waals surface area contributed by atoms with E-state index in [9.17, 15) is 23.1 Å². The van der Waals surface area contributed by atoms with Crippen molar-refractivity contribution in [1.29, 1.82) is 0 Å². The summed E-state index contributed by atoms with van der Waals surface area (Å²) in [4.78, 5) is 19.8. The number of rotatable bonds is 9. The van der Waals surface area contributed by atoms with Crippen molar-refractivity contribution in [1.82, 2.24) is 9.88 Å². The Bertz CT molecular complexity index is 1370. The fourth-order valence-electron chi connectivity index (χ4n) is 5.46. The minimum atomic E-state index is -4.50. The average Bonchev–Trinajstić information content (AvgIpc) is 3.29. The number of carbonyl (C=O) groups excluding carboxylic acids is 1. The number of nitrogens with zero attached hydrogens (tertiary/aromatic N) is 2. The fraction of sp³-hybridized carbons (Fsp3) is 0.500. The van der Waals surface area contributed by atoms with Gasteiger partial charge in [-0.05, 0) is 67.3 Å². The molecule has 0 bridgehead atoms. The van der Waals surface area contributed by atoms with E-state index in [1.807, 2.05) is 0 Å². The van der Waals surface area contributed by atoms with Gasteiger partial charge in [-0.15, -0.1) is 0 Å². The van der Waals surface area contributed by atoms with Gasteiger partial charge in [0.25, 0.3) is 5.91 Å². The molecule has 2 N–H and O–H groups in total. The van der Waals surface area contributed by atoms with Gasteiger partial charge in [0, 0.05) is 43.9 Å². The maximum absolute atomic E-state index is 13.7. The zero-order valence-corrected chi connectivity index (χ0v) is 23.6. The Morgan fingerprint density at radius 3 is 2.65 bits per heavy atom. The Kier molecular flexibility index (Phi) is 8.86. The first-order chi connectivity index (χ1) is 19.1. The molecule has 1 saturated carbocycles. The molecule has 1 aliphatic heterocycles. The first-order valence-electron chi connectivity index (χ1n) is 13.2. The number of thiazole rings is 1. The summed E-state index contributed by atoms with van der Waals surface area (Å²) in [5.74, 6) is -0.0287. The lowest BCUT2D eigenvalue weighted by molar-refractivity contribution is -0.137. The molecule has 5 rings (SSSR count). The van der Waals surface area contributed by atoms with E-state index in [2.05, 4.69) is 15.2 Å². The summed E-state index contributed by atoms with van der Waals surface area (Å²) in [5.41, 5.74) is 0.729. The minimum absolute atomic E-state index is 0.0252. The number of halogens is 4. The molecule has 1 saturated heterocycles. The average molecular weight is 598 g/mol. The Balaban J connectivity index is 1.37. The number of hydrogen-bond acceptors (Lipinski definition) is 7. The van der Waals surface area contributed by atoms with Crippen LogP contribution >= 0.6 is 22.9 Å². The molecule has 0 radical (unpaired) electrons. The second kappa shape index (κ2) is 12.2. The number of benzene rings is 2. The van der Waals surface area contributed by atoms with Crippen molar-refractivity contribution in [3.63, 3.8) is 0 Å². The Morgan fingerprint density at radius 2 is 1.95 bits per heavy atom. The van der Waals surface area contributed by atoms with Gasteiger partial charge in [0.2, 0.25) is 0 Å². The van der Waals surface area contributed by atoms with Gasteiger partial charge in [-0.25, -0.2) is 4.98 Å². The fourth-order valence-corrected chi connectivity index (χ4v) is 6.65. The summed E-state index contributed by atoms with van der Waals surface area (Å²) in [5, 5.41) is 14.0. The molecule has 216 valence electrons.